The van der Waals surface area contributed by atoms with E-state index in [0.29, 0.717) is 13.0 Å². The van der Waals surface area contributed by atoms with Crippen LogP contribution >= 0.6 is 0 Å². The van der Waals surface area contributed by atoms with E-state index < -0.39 is 11.7 Å². The summed E-state index contributed by atoms with van der Waals surface area (Å²) in [7, 11) is 0. The predicted octanol–water partition coefficient (Wildman–Crippen LogP) is 1.99. The van der Waals surface area contributed by atoms with Crippen molar-refractivity contribution in [3.05, 3.63) is 12.2 Å². The molecule has 0 fully saturated rings. The average Bonchev–Trinajstić information content (AvgIpc) is 2.75. The highest BCUT2D eigenvalue weighted by Gasteiger charge is 2.28. The molecule has 6 nitrogen and oxygen atoms in total. The molecule has 0 unspecified atom stereocenters. The van der Waals surface area contributed by atoms with Gasteiger partial charge in [0.15, 0.2) is 6.79 Å². The second-order valence-electron chi connectivity index (χ2n) is 5.55. The fraction of sp³-hybridized carbons (Fsp3) is 0.714. The monoisotopic (exact) mass is 285 g/mol. The minimum atomic E-state index is -0.539. The number of ether oxygens (including phenoxy) is 3. The number of esters is 1. The molecule has 1 rings (SSSR count). The molecule has 1 amide bonds. The topological polar surface area (TPSA) is 73.9 Å². The number of rotatable bonds is 5. The van der Waals surface area contributed by atoms with Crippen molar-refractivity contribution < 1.29 is 23.8 Å². The molecule has 0 aromatic heterocycles. The van der Waals surface area contributed by atoms with Gasteiger partial charge in [-0.25, -0.2) is 4.79 Å². The van der Waals surface area contributed by atoms with Crippen LogP contribution in [0.1, 0.15) is 34.1 Å². The van der Waals surface area contributed by atoms with Gasteiger partial charge in [-0.15, -0.1) is 0 Å². The molecule has 114 valence electrons. The molecule has 0 bridgehead atoms. The zero-order chi connectivity index (χ0) is 15.2. The highest BCUT2D eigenvalue weighted by molar-refractivity contribution is 5.76. The lowest BCUT2D eigenvalue weighted by Crippen LogP contribution is -2.38. The van der Waals surface area contributed by atoms with Crippen molar-refractivity contribution in [2.45, 2.75) is 45.8 Å². The van der Waals surface area contributed by atoms with E-state index in [2.05, 4.69) is 5.32 Å². The molecule has 1 aliphatic carbocycles. The zero-order valence-corrected chi connectivity index (χ0v) is 12.5. The van der Waals surface area contributed by atoms with Gasteiger partial charge < -0.3 is 19.5 Å². The smallest absolute Gasteiger partial charge is 0.408 e. The Morgan fingerprint density at radius 3 is 2.60 bits per heavy atom. The Morgan fingerprint density at radius 2 is 2.00 bits per heavy atom. The number of alkyl carbamates (subject to hydrolysis) is 1. The van der Waals surface area contributed by atoms with E-state index in [9.17, 15) is 9.59 Å². The number of carbonyl (C=O) groups is 2. The van der Waals surface area contributed by atoms with Crippen LogP contribution in [0.15, 0.2) is 12.2 Å². The third-order valence-electron chi connectivity index (χ3n) is 2.58. The Kier molecular flexibility index (Phi) is 6.01. The minimum absolute atomic E-state index is 0.0379. The van der Waals surface area contributed by atoms with Crippen LogP contribution < -0.4 is 5.32 Å². The lowest BCUT2D eigenvalue weighted by molar-refractivity contribution is -0.159. The number of hydrogen-bond acceptors (Lipinski definition) is 5. The van der Waals surface area contributed by atoms with Gasteiger partial charge in [-0.2, -0.15) is 0 Å². The van der Waals surface area contributed by atoms with Crippen molar-refractivity contribution in [2.24, 2.45) is 5.92 Å². The Bertz CT molecular complexity index is 372. The lowest BCUT2D eigenvalue weighted by atomic mass is 10.1. The van der Waals surface area contributed by atoms with Crippen molar-refractivity contribution >= 4 is 12.1 Å². The zero-order valence-electron chi connectivity index (χ0n) is 12.5. The summed E-state index contributed by atoms with van der Waals surface area (Å²) in [5.74, 6) is -0.696. The molecule has 0 aromatic rings. The van der Waals surface area contributed by atoms with Crippen LogP contribution in [-0.4, -0.2) is 37.1 Å². The van der Waals surface area contributed by atoms with Gasteiger partial charge in [0.05, 0.1) is 12.0 Å². The van der Waals surface area contributed by atoms with Crippen molar-refractivity contribution in [3.63, 3.8) is 0 Å². The van der Waals surface area contributed by atoms with Crippen LogP contribution in [0.3, 0.4) is 0 Å². The fourth-order valence-electron chi connectivity index (χ4n) is 1.73. The molecule has 6 heteroatoms. The molecular weight excluding hydrogens is 262 g/mol. The highest BCUT2D eigenvalue weighted by Crippen LogP contribution is 2.20. The van der Waals surface area contributed by atoms with Gasteiger partial charge in [0, 0.05) is 6.61 Å². The molecule has 0 spiro atoms. The summed E-state index contributed by atoms with van der Waals surface area (Å²) in [6.07, 6.45) is 3.49. The Hall–Kier alpha value is -1.56. The van der Waals surface area contributed by atoms with Crippen molar-refractivity contribution in [3.8, 4) is 0 Å². The second-order valence-corrected chi connectivity index (χ2v) is 5.55. The number of carbonyl (C=O) groups excluding carboxylic acids is 2. The molecular formula is C14H23NO5. The van der Waals surface area contributed by atoms with Gasteiger partial charge in [-0.1, -0.05) is 12.2 Å². The molecule has 0 saturated carbocycles. The van der Waals surface area contributed by atoms with E-state index in [4.69, 9.17) is 14.2 Å². The van der Waals surface area contributed by atoms with Crippen LogP contribution in [0.25, 0.3) is 0 Å². The molecule has 0 aromatic carbocycles. The average molecular weight is 285 g/mol. The molecule has 0 radical (unpaired) electrons. The normalized spacial score (nSPS) is 21.6. The van der Waals surface area contributed by atoms with Crippen LogP contribution in [-0.2, 0) is 19.0 Å². The summed E-state index contributed by atoms with van der Waals surface area (Å²) in [6, 6.07) is -0.213. The van der Waals surface area contributed by atoms with E-state index in [-0.39, 0.29) is 24.7 Å². The standard InChI is InChI=1S/C14H23NO5/c1-5-18-9-19-12(16)10-6-7-11(8-10)15-13(17)20-14(2,3)4/h6-7,10-11H,5,8-9H2,1-4H3,(H,15,17)/t10-,11+/m0/s1. The molecule has 2 atom stereocenters. The first-order valence-corrected chi connectivity index (χ1v) is 6.74. The second kappa shape index (κ2) is 7.28. The van der Waals surface area contributed by atoms with Gasteiger partial charge in [0.25, 0.3) is 0 Å². The fourth-order valence-corrected chi connectivity index (χ4v) is 1.73. The van der Waals surface area contributed by atoms with E-state index in [1.54, 1.807) is 32.9 Å². The highest BCUT2D eigenvalue weighted by atomic mass is 16.7. The summed E-state index contributed by atoms with van der Waals surface area (Å²) in [5.41, 5.74) is -0.539. The predicted molar refractivity (Wildman–Crippen MR) is 73.0 cm³/mol. The molecule has 20 heavy (non-hydrogen) atoms. The third kappa shape index (κ3) is 6.06. The van der Waals surface area contributed by atoms with E-state index in [1.807, 2.05) is 6.92 Å². The van der Waals surface area contributed by atoms with Gasteiger partial charge in [-0.3, -0.25) is 4.79 Å². The van der Waals surface area contributed by atoms with Crippen LogP contribution in [0.4, 0.5) is 4.79 Å². The molecule has 0 saturated heterocycles. The number of nitrogens with one attached hydrogen (secondary N) is 1. The summed E-state index contributed by atoms with van der Waals surface area (Å²) in [4.78, 5) is 23.3. The first-order valence-electron chi connectivity index (χ1n) is 6.74. The Balaban J connectivity index is 2.32. The van der Waals surface area contributed by atoms with Crippen molar-refractivity contribution in [2.75, 3.05) is 13.4 Å². The Morgan fingerprint density at radius 1 is 1.30 bits per heavy atom. The van der Waals surface area contributed by atoms with Crippen LogP contribution in [0.5, 0.6) is 0 Å². The first kappa shape index (κ1) is 16.5. The lowest BCUT2D eigenvalue weighted by Gasteiger charge is -2.21. The van der Waals surface area contributed by atoms with Crippen LogP contribution in [0, 0.1) is 5.92 Å². The minimum Gasteiger partial charge on any atom is -0.444 e. The van der Waals surface area contributed by atoms with Gasteiger partial charge >= 0.3 is 12.1 Å². The summed E-state index contributed by atoms with van der Waals surface area (Å²) in [6.45, 7) is 7.67. The van der Waals surface area contributed by atoms with E-state index >= 15 is 0 Å². The maximum atomic E-state index is 11.7. The maximum absolute atomic E-state index is 11.7. The quantitative estimate of drug-likeness (QED) is 0.362. The SMILES string of the molecule is CCOCOC(=O)[C@H]1C=C[C@@H](NC(=O)OC(C)(C)C)C1. The van der Waals surface area contributed by atoms with E-state index in [1.165, 1.54) is 0 Å². The molecule has 1 aliphatic rings. The largest absolute Gasteiger partial charge is 0.444 e. The Labute approximate surface area is 119 Å². The van der Waals surface area contributed by atoms with Crippen molar-refractivity contribution in [1.29, 1.82) is 0 Å². The summed E-state index contributed by atoms with van der Waals surface area (Å²) < 4.78 is 15.1. The van der Waals surface area contributed by atoms with Crippen molar-refractivity contribution in [1.82, 2.24) is 5.32 Å². The first-order chi connectivity index (χ1) is 9.31. The molecule has 0 aliphatic heterocycles. The molecule has 0 heterocycles. The van der Waals surface area contributed by atoms with Crippen LogP contribution in [0.2, 0.25) is 0 Å². The third-order valence-corrected chi connectivity index (χ3v) is 2.58. The van der Waals surface area contributed by atoms with Gasteiger partial charge in [-0.05, 0) is 34.1 Å². The van der Waals surface area contributed by atoms with E-state index in [0.717, 1.165) is 0 Å². The number of amides is 1. The van der Waals surface area contributed by atoms with Gasteiger partial charge in [0.2, 0.25) is 0 Å². The summed E-state index contributed by atoms with van der Waals surface area (Å²) >= 11 is 0. The summed E-state index contributed by atoms with van der Waals surface area (Å²) in [5, 5.41) is 2.70. The molecule has 1 N–H and O–H groups in total. The van der Waals surface area contributed by atoms with Gasteiger partial charge in [0.1, 0.15) is 5.60 Å². The maximum Gasteiger partial charge on any atom is 0.408 e. The number of hydrogen-bond donors (Lipinski definition) is 1.